The van der Waals surface area contributed by atoms with Crippen molar-refractivity contribution < 1.29 is 9.90 Å². The molecule has 3 heterocycles. The van der Waals surface area contributed by atoms with Crippen LogP contribution in [0.2, 0.25) is 0 Å². The maximum atomic E-state index is 10.7. The van der Waals surface area contributed by atoms with Gasteiger partial charge in [-0.15, -0.1) is 34.9 Å². The van der Waals surface area contributed by atoms with Crippen LogP contribution in [0, 0.1) is 0 Å². The van der Waals surface area contributed by atoms with Gasteiger partial charge in [-0.2, -0.15) is 0 Å². The van der Waals surface area contributed by atoms with Crippen LogP contribution in [0.3, 0.4) is 0 Å². The molecule has 6 nitrogen and oxygen atoms in total. The minimum atomic E-state index is -0.970. The molecule has 0 fully saturated rings. The van der Waals surface area contributed by atoms with E-state index < -0.39 is 5.97 Å². The molecule has 3 N–H and O–H groups in total. The fourth-order valence-electron chi connectivity index (χ4n) is 2.04. The molecule has 3 rings (SSSR count). The molecular formula is C18H32N4O2S4. The molecule has 28 heavy (non-hydrogen) atoms. The van der Waals surface area contributed by atoms with E-state index in [0.29, 0.717) is 4.99 Å². The predicted octanol–water partition coefficient (Wildman–Crippen LogP) is 5.54. The quantitative estimate of drug-likeness (QED) is 0.551. The van der Waals surface area contributed by atoms with Crippen LogP contribution in [-0.2, 0) is 0 Å². The third kappa shape index (κ3) is 8.18. The summed E-state index contributed by atoms with van der Waals surface area (Å²) in [6.07, 6.45) is 1.95. The third-order valence-corrected chi connectivity index (χ3v) is 7.01. The van der Waals surface area contributed by atoms with Gasteiger partial charge in [0.05, 0.1) is 15.1 Å². The van der Waals surface area contributed by atoms with Crippen LogP contribution in [0.15, 0.2) is 15.4 Å². The Morgan fingerprint density at radius 3 is 2.14 bits per heavy atom. The first-order valence-corrected chi connectivity index (χ1v) is 11.1. The Bertz CT molecular complexity index is 704. The Balaban J connectivity index is 0. The van der Waals surface area contributed by atoms with Crippen molar-refractivity contribution in [1.82, 2.24) is 4.98 Å². The molecular weight excluding hydrogens is 432 g/mol. The molecule has 0 aliphatic carbocycles. The number of carbonyl (C=O) groups is 1. The Kier molecular flexibility index (Phi) is 14.7. The van der Waals surface area contributed by atoms with Crippen LogP contribution in [0.25, 0.3) is 0 Å². The highest BCUT2D eigenvalue weighted by molar-refractivity contribution is 8.14. The lowest BCUT2D eigenvalue weighted by Gasteiger charge is -1.99. The van der Waals surface area contributed by atoms with Gasteiger partial charge in [-0.1, -0.05) is 48.3 Å². The molecule has 1 aromatic heterocycles. The first kappa shape index (κ1) is 29.2. The van der Waals surface area contributed by atoms with Crippen molar-refractivity contribution in [3.8, 4) is 0 Å². The van der Waals surface area contributed by atoms with Gasteiger partial charge in [0, 0.05) is 16.9 Å². The average molecular weight is 465 g/mol. The van der Waals surface area contributed by atoms with Crippen molar-refractivity contribution in [1.29, 1.82) is 0 Å². The van der Waals surface area contributed by atoms with Gasteiger partial charge in [0.2, 0.25) is 0 Å². The van der Waals surface area contributed by atoms with Crippen molar-refractivity contribution in [2.75, 3.05) is 11.5 Å². The van der Waals surface area contributed by atoms with E-state index >= 15 is 0 Å². The van der Waals surface area contributed by atoms with Crippen molar-refractivity contribution in [3.63, 3.8) is 0 Å². The van der Waals surface area contributed by atoms with Crippen LogP contribution in [0.4, 0.5) is 0 Å². The second kappa shape index (κ2) is 14.1. The van der Waals surface area contributed by atoms with E-state index in [2.05, 4.69) is 28.8 Å². The lowest BCUT2D eigenvalue weighted by atomic mass is 10.3. The smallest absolute Gasteiger partial charge is 0.355 e. The van der Waals surface area contributed by atoms with Crippen molar-refractivity contribution in [2.45, 2.75) is 61.1 Å². The molecule has 160 valence electrons. The molecule has 0 radical (unpaired) electrons. The summed E-state index contributed by atoms with van der Waals surface area (Å²) in [6.45, 7) is 4.16. The van der Waals surface area contributed by atoms with Crippen LogP contribution in [-0.4, -0.2) is 48.7 Å². The minimum absolute atomic E-state index is 0. The van der Waals surface area contributed by atoms with Gasteiger partial charge < -0.3 is 10.8 Å². The number of carboxylic acids is 1. The number of thioether (sulfide) groups is 2. The van der Waals surface area contributed by atoms with Gasteiger partial charge in [-0.25, -0.2) is 9.78 Å². The first-order valence-electron chi connectivity index (χ1n) is 7.81. The number of rotatable bonds is 5. The first-order chi connectivity index (χ1) is 11.9. The summed E-state index contributed by atoms with van der Waals surface area (Å²) in [6, 6.07) is 0.165. The highest BCUT2D eigenvalue weighted by Crippen LogP contribution is 2.33. The molecule has 0 saturated carbocycles. The Labute approximate surface area is 186 Å². The van der Waals surface area contributed by atoms with E-state index in [9.17, 15) is 4.79 Å². The number of nitrogens with two attached hydrogens (primary N) is 1. The van der Waals surface area contributed by atoms with Crippen molar-refractivity contribution in [2.24, 2.45) is 15.7 Å². The van der Waals surface area contributed by atoms with E-state index in [1.807, 2.05) is 0 Å². The largest absolute Gasteiger partial charge is 0.476 e. The van der Waals surface area contributed by atoms with Crippen LogP contribution < -0.4 is 5.73 Å². The maximum absolute atomic E-state index is 10.7. The zero-order valence-corrected chi connectivity index (χ0v) is 17.2. The van der Waals surface area contributed by atoms with Crippen molar-refractivity contribution in [3.05, 3.63) is 16.1 Å². The highest BCUT2D eigenvalue weighted by atomic mass is 32.2. The zero-order valence-electron chi connectivity index (χ0n) is 14.0. The van der Waals surface area contributed by atoms with E-state index in [0.717, 1.165) is 34.4 Å². The third-order valence-electron chi connectivity index (χ3n) is 3.37. The summed E-state index contributed by atoms with van der Waals surface area (Å²) < 4.78 is 0. The lowest BCUT2D eigenvalue weighted by molar-refractivity contribution is 0.0691. The van der Waals surface area contributed by atoms with E-state index in [4.69, 9.17) is 23.1 Å². The van der Waals surface area contributed by atoms with Gasteiger partial charge in [0.25, 0.3) is 0 Å². The standard InChI is InChI=1S/C9H10N2O2S2.C6H10N2S2.3CH4/c1-2-7-10-5(3-14-7)8-11-6(4-15-8)9(12)13;1-2-5-8-4(3-10-5)6(7)9;;;/h4-5H,2-3H2,1H3,(H,12,13);4H,2-3H2,1H3,(H2,7,9);3*1H4/t5-;4-;;;/m00.../s1. The molecule has 1 aromatic rings. The van der Waals surface area contributed by atoms with Crippen LogP contribution in [0.5, 0.6) is 0 Å². The number of nitrogens with zero attached hydrogens (tertiary/aromatic N) is 3. The summed E-state index contributed by atoms with van der Waals surface area (Å²) in [7, 11) is 0. The zero-order chi connectivity index (χ0) is 18.4. The molecule has 0 saturated heterocycles. The number of thiazole rings is 1. The lowest BCUT2D eigenvalue weighted by Crippen LogP contribution is -2.24. The molecule has 2 atom stereocenters. The SMILES string of the molecule is C.C.C.CCC1=N[C@H](C(N)=S)CS1.CCC1=N[C@H](c2nc(C(=O)O)cs2)CS1. The maximum Gasteiger partial charge on any atom is 0.355 e. The topological polar surface area (TPSA) is 101 Å². The Hall–Kier alpha value is -0.970. The number of aromatic nitrogens is 1. The second-order valence-electron chi connectivity index (χ2n) is 5.18. The molecule has 2 aliphatic heterocycles. The normalized spacial score (nSPS) is 19.6. The number of aliphatic imine (C=N–C) groups is 2. The summed E-state index contributed by atoms with van der Waals surface area (Å²) in [4.78, 5) is 24.0. The van der Waals surface area contributed by atoms with Gasteiger partial charge >= 0.3 is 5.97 Å². The molecule has 0 aromatic carbocycles. The summed E-state index contributed by atoms with van der Waals surface area (Å²) in [5.41, 5.74) is 5.55. The van der Waals surface area contributed by atoms with E-state index in [-0.39, 0.29) is 40.1 Å². The minimum Gasteiger partial charge on any atom is -0.476 e. The molecule has 0 bridgehead atoms. The van der Waals surface area contributed by atoms with Gasteiger partial charge in [0.1, 0.15) is 17.1 Å². The van der Waals surface area contributed by atoms with Crippen LogP contribution >= 0.6 is 47.1 Å². The number of hydrogen-bond acceptors (Lipinski definition) is 8. The molecule has 0 amide bonds. The summed E-state index contributed by atoms with van der Waals surface area (Å²) >= 11 is 9.68. The Morgan fingerprint density at radius 2 is 1.75 bits per heavy atom. The molecule has 0 spiro atoms. The van der Waals surface area contributed by atoms with E-state index in [1.165, 1.54) is 16.4 Å². The fraction of sp³-hybridized carbons (Fsp3) is 0.611. The highest BCUT2D eigenvalue weighted by Gasteiger charge is 2.22. The Morgan fingerprint density at radius 1 is 1.18 bits per heavy atom. The summed E-state index contributed by atoms with van der Waals surface area (Å²) in [5, 5.41) is 13.4. The summed E-state index contributed by atoms with van der Waals surface area (Å²) in [5.74, 6) is 0.858. The monoisotopic (exact) mass is 464 g/mol. The number of thiocarbonyl (C=S) groups is 1. The van der Waals surface area contributed by atoms with Gasteiger partial charge in [0.15, 0.2) is 5.69 Å². The van der Waals surface area contributed by atoms with E-state index in [1.54, 1.807) is 28.9 Å². The number of aromatic carboxylic acids is 1. The van der Waals surface area contributed by atoms with Gasteiger partial charge in [-0.05, 0) is 12.8 Å². The molecule has 0 unspecified atom stereocenters. The number of hydrogen-bond donors (Lipinski definition) is 2. The van der Waals surface area contributed by atoms with Gasteiger partial charge in [-0.3, -0.25) is 9.98 Å². The fourth-order valence-corrected chi connectivity index (χ4v) is 5.22. The predicted molar refractivity (Wildman–Crippen MR) is 133 cm³/mol. The second-order valence-corrected chi connectivity index (χ2v) is 8.73. The van der Waals surface area contributed by atoms with Crippen LogP contribution in [0.1, 0.15) is 70.5 Å². The number of carboxylic acid groups (broad SMARTS) is 1. The average Bonchev–Trinajstić information content (AvgIpc) is 3.33. The molecule has 2 aliphatic rings. The van der Waals surface area contributed by atoms with Crippen molar-refractivity contribution >= 4 is 68.1 Å². The molecule has 10 heteroatoms.